The van der Waals surface area contributed by atoms with Gasteiger partial charge in [-0.3, -0.25) is 4.90 Å². The van der Waals surface area contributed by atoms with Gasteiger partial charge in [-0.1, -0.05) is 25.1 Å². The van der Waals surface area contributed by atoms with Gasteiger partial charge in [0.15, 0.2) is 0 Å². The second kappa shape index (κ2) is 3.63. The number of hydrogen-bond donors (Lipinski definition) is 1. The number of nitrogens with zero attached hydrogens (tertiary/aromatic N) is 1. The van der Waals surface area contributed by atoms with Crippen molar-refractivity contribution in [3.05, 3.63) is 36.0 Å². The van der Waals surface area contributed by atoms with Gasteiger partial charge in [0.2, 0.25) is 0 Å². The van der Waals surface area contributed by atoms with Crippen LogP contribution in [0.4, 0.5) is 0 Å². The molecule has 16 heavy (non-hydrogen) atoms. The lowest BCUT2D eigenvalue weighted by atomic mass is 10.0. The van der Waals surface area contributed by atoms with Gasteiger partial charge in [-0.25, -0.2) is 0 Å². The number of nitrogens with one attached hydrogen (secondary N) is 1. The molecule has 0 saturated carbocycles. The molecule has 0 unspecified atom stereocenters. The SMILES string of the molecule is C[C@@H]1C[C@@H](c2c[nH]c3ccccc23)N(C)C1. The molecule has 0 radical (unpaired) electrons. The third kappa shape index (κ3) is 1.45. The largest absolute Gasteiger partial charge is 0.361 e. The summed E-state index contributed by atoms with van der Waals surface area (Å²) < 4.78 is 0. The molecule has 1 aromatic carbocycles. The fourth-order valence-electron chi connectivity index (χ4n) is 2.99. The van der Waals surface area contributed by atoms with Gasteiger partial charge >= 0.3 is 0 Å². The van der Waals surface area contributed by atoms with Crippen LogP contribution in [0.2, 0.25) is 0 Å². The van der Waals surface area contributed by atoms with Crippen LogP contribution in [-0.4, -0.2) is 23.5 Å². The first kappa shape index (κ1) is 9.91. The Hall–Kier alpha value is -1.28. The van der Waals surface area contributed by atoms with Crippen molar-refractivity contribution in [3.8, 4) is 0 Å². The van der Waals surface area contributed by atoms with E-state index in [4.69, 9.17) is 0 Å². The minimum absolute atomic E-state index is 0.589. The summed E-state index contributed by atoms with van der Waals surface area (Å²) in [4.78, 5) is 5.85. The number of hydrogen-bond acceptors (Lipinski definition) is 1. The van der Waals surface area contributed by atoms with Crippen LogP contribution in [0.15, 0.2) is 30.5 Å². The smallest absolute Gasteiger partial charge is 0.0457 e. The van der Waals surface area contributed by atoms with Gasteiger partial charge < -0.3 is 4.98 Å². The molecule has 0 bridgehead atoms. The fourth-order valence-corrected chi connectivity index (χ4v) is 2.99. The standard InChI is InChI=1S/C14H18N2/c1-10-7-14(16(2)9-10)12-8-15-13-6-4-3-5-11(12)13/h3-6,8,10,14-15H,7,9H2,1-2H3/t10-,14+/m1/s1. The van der Waals surface area contributed by atoms with E-state index in [1.54, 1.807) is 0 Å². The maximum absolute atomic E-state index is 3.37. The Balaban J connectivity index is 2.06. The zero-order valence-electron chi connectivity index (χ0n) is 9.90. The molecular formula is C14H18N2. The van der Waals surface area contributed by atoms with E-state index in [2.05, 4.69) is 54.3 Å². The third-order valence-electron chi connectivity index (χ3n) is 3.74. The minimum Gasteiger partial charge on any atom is -0.361 e. The Labute approximate surface area is 96.3 Å². The van der Waals surface area contributed by atoms with Gasteiger partial charge in [-0.2, -0.15) is 0 Å². The van der Waals surface area contributed by atoms with Crippen LogP contribution < -0.4 is 0 Å². The topological polar surface area (TPSA) is 19.0 Å². The molecule has 1 saturated heterocycles. The summed E-state index contributed by atoms with van der Waals surface area (Å²) in [5.41, 5.74) is 2.72. The van der Waals surface area contributed by atoms with Gasteiger partial charge in [0.1, 0.15) is 0 Å². The third-order valence-corrected chi connectivity index (χ3v) is 3.74. The van der Waals surface area contributed by atoms with E-state index in [1.165, 1.54) is 29.4 Å². The molecule has 1 N–H and O–H groups in total. The van der Waals surface area contributed by atoms with Crippen LogP contribution in [0.3, 0.4) is 0 Å². The first-order chi connectivity index (χ1) is 7.75. The molecule has 2 aromatic rings. The van der Waals surface area contributed by atoms with Crippen molar-refractivity contribution in [2.24, 2.45) is 5.92 Å². The van der Waals surface area contributed by atoms with Crippen LogP contribution in [0, 0.1) is 5.92 Å². The Bertz CT molecular complexity index is 500. The Morgan fingerprint density at radius 1 is 1.31 bits per heavy atom. The summed E-state index contributed by atoms with van der Waals surface area (Å²) in [5, 5.41) is 1.38. The second-order valence-corrected chi connectivity index (χ2v) is 5.09. The molecule has 1 fully saturated rings. The molecular weight excluding hydrogens is 196 g/mol. The number of aromatic amines is 1. The molecule has 2 atom stereocenters. The van der Waals surface area contributed by atoms with E-state index in [0.717, 1.165) is 5.92 Å². The highest BCUT2D eigenvalue weighted by Gasteiger charge is 2.29. The molecule has 84 valence electrons. The average Bonchev–Trinajstić information content (AvgIpc) is 2.81. The summed E-state index contributed by atoms with van der Waals surface area (Å²) in [6, 6.07) is 9.17. The fraction of sp³-hybridized carbons (Fsp3) is 0.429. The highest BCUT2D eigenvalue weighted by atomic mass is 15.2. The lowest BCUT2D eigenvalue weighted by Gasteiger charge is -2.18. The first-order valence-electron chi connectivity index (χ1n) is 6.02. The van der Waals surface area contributed by atoms with Gasteiger partial charge in [0, 0.05) is 29.7 Å². The van der Waals surface area contributed by atoms with E-state index < -0.39 is 0 Å². The quantitative estimate of drug-likeness (QED) is 0.772. The van der Waals surface area contributed by atoms with Crippen LogP contribution in [-0.2, 0) is 0 Å². The lowest BCUT2D eigenvalue weighted by Crippen LogP contribution is -2.17. The van der Waals surface area contributed by atoms with Crippen molar-refractivity contribution < 1.29 is 0 Å². The zero-order valence-corrected chi connectivity index (χ0v) is 9.90. The van der Waals surface area contributed by atoms with Gasteiger partial charge in [-0.05, 0) is 31.0 Å². The number of aromatic nitrogens is 1. The van der Waals surface area contributed by atoms with Crippen molar-refractivity contribution in [1.82, 2.24) is 9.88 Å². The maximum Gasteiger partial charge on any atom is 0.0457 e. The zero-order chi connectivity index (χ0) is 11.1. The van der Waals surface area contributed by atoms with Gasteiger partial charge in [0.25, 0.3) is 0 Å². The molecule has 0 amide bonds. The molecule has 0 aliphatic carbocycles. The molecule has 0 spiro atoms. The normalized spacial score (nSPS) is 26.6. The number of fused-ring (bicyclic) bond motifs is 1. The monoisotopic (exact) mass is 214 g/mol. The molecule has 2 heteroatoms. The Kier molecular flexibility index (Phi) is 2.25. The van der Waals surface area contributed by atoms with Crippen molar-refractivity contribution in [1.29, 1.82) is 0 Å². The van der Waals surface area contributed by atoms with E-state index in [0.29, 0.717) is 6.04 Å². The summed E-state index contributed by atoms with van der Waals surface area (Å²) in [7, 11) is 2.23. The second-order valence-electron chi connectivity index (χ2n) is 5.09. The van der Waals surface area contributed by atoms with Crippen LogP contribution in [0.5, 0.6) is 0 Å². The number of H-pyrrole nitrogens is 1. The summed E-state index contributed by atoms with van der Waals surface area (Å²) in [6.07, 6.45) is 3.46. The highest BCUT2D eigenvalue weighted by molar-refractivity contribution is 5.83. The Morgan fingerprint density at radius 3 is 2.88 bits per heavy atom. The van der Waals surface area contributed by atoms with Crippen LogP contribution in [0.1, 0.15) is 24.9 Å². The van der Waals surface area contributed by atoms with Crippen LogP contribution in [0.25, 0.3) is 10.9 Å². The summed E-state index contributed by atoms with van der Waals surface area (Å²) in [6.45, 7) is 3.55. The number of para-hydroxylation sites is 1. The predicted octanol–water partition coefficient (Wildman–Crippen LogP) is 3.18. The van der Waals surface area contributed by atoms with E-state index in [-0.39, 0.29) is 0 Å². The predicted molar refractivity (Wildman–Crippen MR) is 67.5 cm³/mol. The Morgan fingerprint density at radius 2 is 2.12 bits per heavy atom. The van der Waals surface area contributed by atoms with E-state index >= 15 is 0 Å². The van der Waals surface area contributed by atoms with Crippen molar-refractivity contribution in [3.63, 3.8) is 0 Å². The molecule has 1 aliphatic rings. The summed E-state index contributed by atoms with van der Waals surface area (Å²) in [5.74, 6) is 0.809. The average molecular weight is 214 g/mol. The highest BCUT2D eigenvalue weighted by Crippen LogP contribution is 2.37. The number of likely N-dealkylation sites (tertiary alicyclic amines) is 1. The maximum atomic E-state index is 3.37. The molecule has 2 nitrogen and oxygen atoms in total. The summed E-state index contributed by atoms with van der Waals surface area (Å²) >= 11 is 0. The van der Waals surface area contributed by atoms with Gasteiger partial charge in [-0.15, -0.1) is 0 Å². The van der Waals surface area contributed by atoms with E-state index in [9.17, 15) is 0 Å². The van der Waals surface area contributed by atoms with Crippen LogP contribution >= 0.6 is 0 Å². The number of rotatable bonds is 1. The van der Waals surface area contributed by atoms with E-state index in [1.807, 2.05) is 0 Å². The first-order valence-corrected chi connectivity index (χ1v) is 6.02. The molecule has 1 aromatic heterocycles. The minimum atomic E-state index is 0.589. The lowest BCUT2D eigenvalue weighted by molar-refractivity contribution is 0.316. The van der Waals surface area contributed by atoms with Crippen molar-refractivity contribution >= 4 is 10.9 Å². The van der Waals surface area contributed by atoms with Crippen molar-refractivity contribution in [2.45, 2.75) is 19.4 Å². The van der Waals surface area contributed by atoms with Crippen molar-refractivity contribution in [2.75, 3.05) is 13.6 Å². The number of benzene rings is 1. The molecule has 2 heterocycles. The molecule has 1 aliphatic heterocycles. The van der Waals surface area contributed by atoms with Gasteiger partial charge in [0.05, 0.1) is 0 Å². The molecule has 3 rings (SSSR count).